The van der Waals surface area contributed by atoms with Crippen LogP contribution in [0.1, 0.15) is 16.2 Å². The Kier molecular flexibility index (Phi) is 5.20. The zero-order valence-corrected chi connectivity index (χ0v) is 16.5. The maximum absolute atomic E-state index is 13.7. The summed E-state index contributed by atoms with van der Waals surface area (Å²) in [5, 5.41) is 4.40. The summed E-state index contributed by atoms with van der Waals surface area (Å²) >= 11 is 0. The summed E-state index contributed by atoms with van der Waals surface area (Å²) in [7, 11) is 1.66. The van der Waals surface area contributed by atoms with Gasteiger partial charge in [0.1, 0.15) is 17.3 Å². The third-order valence-corrected chi connectivity index (χ3v) is 5.10. The van der Waals surface area contributed by atoms with Crippen molar-refractivity contribution in [1.29, 1.82) is 0 Å². The third kappa shape index (κ3) is 3.81. The topological polar surface area (TPSA) is 50.6 Å². The van der Waals surface area contributed by atoms with E-state index in [-0.39, 0.29) is 11.7 Å². The molecule has 29 heavy (non-hydrogen) atoms. The number of carbonyl (C=O) groups excluding carboxylic acids is 1. The molecule has 7 heteroatoms. The first-order valence-corrected chi connectivity index (χ1v) is 9.56. The Morgan fingerprint density at radius 2 is 1.79 bits per heavy atom. The fourth-order valence-electron chi connectivity index (χ4n) is 3.66. The van der Waals surface area contributed by atoms with Crippen molar-refractivity contribution in [2.24, 2.45) is 0 Å². The van der Waals surface area contributed by atoms with Crippen LogP contribution in [-0.2, 0) is 0 Å². The van der Waals surface area contributed by atoms with Crippen LogP contribution in [0.15, 0.2) is 54.6 Å². The van der Waals surface area contributed by atoms with Gasteiger partial charge in [-0.3, -0.25) is 4.79 Å². The minimum Gasteiger partial charge on any atom is -0.495 e. The number of aromatic nitrogens is 2. The molecule has 1 aromatic heterocycles. The van der Waals surface area contributed by atoms with Crippen LogP contribution in [0.2, 0.25) is 0 Å². The maximum Gasteiger partial charge on any atom is 0.272 e. The smallest absolute Gasteiger partial charge is 0.272 e. The van der Waals surface area contributed by atoms with Gasteiger partial charge in [-0.25, -0.2) is 9.07 Å². The Hall–Kier alpha value is -3.35. The average molecular weight is 394 g/mol. The second-order valence-corrected chi connectivity index (χ2v) is 7.01. The molecule has 0 radical (unpaired) electrons. The molecule has 2 aromatic carbocycles. The van der Waals surface area contributed by atoms with Crippen LogP contribution < -0.4 is 9.64 Å². The predicted octanol–water partition coefficient (Wildman–Crippen LogP) is 3.29. The average Bonchev–Trinajstić information content (AvgIpc) is 3.15. The summed E-state index contributed by atoms with van der Waals surface area (Å²) < 4.78 is 20.6. The first kappa shape index (κ1) is 19.0. The number of ether oxygens (including phenoxy) is 1. The molecule has 0 aliphatic carbocycles. The van der Waals surface area contributed by atoms with Crippen molar-refractivity contribution in [2.75, 3.05) is 38.2 Å². The van der Waals surface area contributed by atoms with E-state index in [1.54, 1.807) is 25.3 Å². The van der Waals surface area contributed by atoms with Crippen molar-refractivity contribution < 1.29 is 13.9 Å². The number of anilines is 1. The number of hydrogen-bond acceptors (Lipinski definition) is 4. The highest BCUT2D eigenvalue weighted by atomic mass is 19.1. The summed E-state index contributed by atoms with van der Waals surface area (Å²) in [6, 6.07) is 15.7. The summed E-state index contributed by atoms with van der Waals surface area (Å²) in [4.78, 5) is 17.2. The van der Waals surface area contributed by atoms with Gasteiger partial charge in [-0.15, -0.1) is 0 Å². The monoisotopic (exact) mass is 394 g/mol. The molecular formula is C22H23FN4O2. The summed E-state index contributed by atoms with van der Waals surface area (Å²) in [6.45, 7) is 4.42. The molecule has 0 unspecified atom stereocenters. The molecule has 3 aromatic rings. The number of methoxy groups -OCH3 is 1. The fourth-order valence-corrected chi connectivity index (χ4v) is 3.66. The minimum atomic E-state index is -0.362. The van der Waals surface area contributed by atoms with Crippen molar-refractivity contribution in [3.8, 4) is 11.4 Å². The van der Waals surface area contributed by atoms with Crippen molar-refractivity contribution in [3.05, 3.63) is 71.8 Å². The molecule has 0 bridgehead atoms. The van der Waals surface area contributed by atoms with Gasteiger partial charge in [-0.05, 0) is 43.3 Å². The lowest BCUT2D eigenvalue weighted by molar-refractivity contribution is 0.0737. The van der Waals surface area contributed by atoms with Gasteiger partial charge in [0.15, 0.2) is 0 Å². The quantitative estimate of drug-likeness (QED) is 0.681. The van der Waals surface area contributed by atoms with E-state index in [2.05, 4.69) is 10.00 Å². The van der Waals surface area contributed by atoms with Crippen LogP contribution >= 0.6 is 0 Å². The molecule has 4 rings (SSSR count). The second kappa shape index (κ2) is 7.95. The van der Waals surface area contributed by atoms with Crippen molar-refractivity contribution in [3.63, 3.8) is 0 Å². The Morgan fingerprint density at radius 1 is 1.03 bits per heavy atom. The first-order chi connectivity index (χ1) is 14.1. The standard InChI is InChI=1S/C22H23FN4O2/c1-16-14-20(27(24-16)18-7-5-6-17(23)15-18)22(28)26-12-10-25(11-13-26)19-8-3-4-9-21(19)29-2/h3-9,14-15H,10-13H2,1-2H3. The highest BCUT2D eigenvalue weighted by Gasteiger charge is 2.26. The Balaban J connectivity index is 1.52. The molecule has 1 aliphatic rings. The van der Waals surface area contributed by atoms with Crippen molar-refractivity contribution >= 4 is 11.6 Å². The lowest BCUT2D eigenvalue weighted by Crippen LogP contribution is -2.49. The number of amides is 1. The lowest BCUT2D eigenvalue weighted by atomic mass is 10.2. The SMILES string of the molecule is COc1ccccc1N1CCN(C(=O)c2cc(C)nn2-c2cccc(F)c2)CC1. The van der Waals surface area contributed by atoms with Crippen LogP contribution in [0.4, 0.5) is 10.1 Å². The van der Waals surface area contributed by atoms with Gasteiger partial charge in [-0.1, -0.05) is 18.2 Å². The number of hydrogen-bond donors (Lipinski definition) is 0. The Labute approximate surface area is 169 Å². The number of aryl methyl sites for hydroxylation is 1. The number of benzene rings is 2. The molecule has 1 saturated heterocycles. The predicted molar refractivity (Wildman–Crippen MR) is 109 cm³/mol. The number of halogens is 1. The van der Waals surface area contributed by atoms with E-state index in [9.17, 15) is 9.18 Å². The first-order valence-electron chi connectivity index (χ1n) is 9.56. The van der Waals surface area contributed by atoms with Crippen LogP contribution in [0.25, 0.3) is 5.69 Å². The van der Waals surface area contributed by atoms with Crippen LogP contribution in [-0.4, -0.2) is 53.9 Å². The van der Waals surface area contributed by atoms with Gasteiger partial charge in [0, 0.05) is 26.2 Å². The molecule has 1 amide bonds. The number of piperazine rings is 1. The van der Waals surface area contributed by atoms with E-state index in [1.165, 1.54) is 16.8 Å². The minimum absolute atomic E-state index is 0.102. The molecule has 2 heterocycles. The number of para-hydroxylation sites is 2. The molecule has 6 nitrogen and oxygen atoms in total. The molecule has 0 saturated carbocycles. The third-order valence-electron chi connectivity index (χ3n) is 5.10. The second-order valence-electron chi connectivity index (χ2n) is 7.01. The van der Waals surface area contributed by atoms with Gasteiger partial charge in [0.05, 0.1) is 24.2 Å². The van der Waals surface area contributed by atoms with E-state index in [1.807, 2.05) is 36.1 Å². The molecule has 1 fully saturated rings. The lowest BCUT2D eigenvalue weighted by Gasteiger charge is -2.36. The van der Waals surface area contributed by atoms with Crippen LogP contribution in [0.5, 0.6) is 5.75 Å². The van der Waals surface area contributed by atoms with Gasteiger partial charge in [0.2, 0.25) is 0 Å². The number of carbonyl (C=O) groups is 1. The van der Waals surface area contributed by atoms with E-state index < -0.39 is 0 Å². The normalized spacial score (nSPS) is 14.2. The zero-order chi connectivity index (χ0) is 20.4. The largest absolute Gasteiger partial charge is 0.495 e. The van der Waals surface area contributed by atoms with Crippen molar-refractivity contribution in [1.82, 2.24) is 14.7 Å². The summed E-state index contributed by atoms with van der Waals surface area (Å²) in [5.41, 5.74) is 2.72. The van der Waals surface area contributed by atoms with E-state index in [0.29, 0.717) is 43.3 Å². The van der Waals surface area contributed by atoms with Gasteiger partial charge < -0.3 is 14.5 Å². The zero-order valence-electron chi connectivity index (χ0n) is 16.5. The maximum atomic E-state index is 13.7. The summed E-state index contributed by atoms with van der Waals surface area (Å²) in [5.74, 6) is 0.362. The van der Waals surface area contributed by atoms with Gasteiger partial charge in [-0.2, -0.15) is 5.10 Å². The molecule has 0 atom stereocenters. The van der Waals surface area contributed by atoms with Crippen LogP contribution in [0.3, 0.4) is 0 Å². The Morgan fingerprint density at radius 3 is 2.52 bits per heavy atom. The van der Waals surface area contributed by atoms with E-state index in [0.717, 1.165) is 11.4 Å². The van der Waals surface area contributed by atoms with Crippen LogP contribution in [0, 0.1) is 12.7 Å². The fraction of sp³-hybridized carbons (Fsp3) is 0.273. The highest BCUT2D eigenvalue weighted by molar-refractivity contribution is 5.93. The Bertz CT molecular complexity index is 1030. The number of rotatable bonds is 4. The molecule has 0 N–H and O–H groups in total. The van der Waals surface area contributed by atoms with E-state index >= 15 is 0 Å². The van der Waals surface area contributed by atoms with Crippen molar-refractivity contribution in [2.45, 2.75) is 6.92 Å². The molecule has 0 spiro atoms. The molecular weight excluding hydrogens is 371 g/mol. The highest BCUT2D eigenvalue weighted by Crippen LogP contribution is 2.28. The molecule has 1 aliphatic heterocycles. The summed E-state index contributed by atoms with van der Waals surface area (Å²) in [6.07, 6.45) is 0. The number of nitrogens with zero attached hydrogens (tertiary/aromatic N) is 4. The van der Waals surface area contributed by atoms with E-state index in [4.69, 9.17) is 4.74 Å². The van der Waals surface area contributed by atoms with Gasteiger partial charge >= 0.3 is 0 Å². The molecule has 150 valence electrons. The van der Waals surface area contributed by atoms with Gasteiger partial charge in [0.25, 0.3) is 5.91 Å².